The van der Waals surface area contributed by atoms with Crippen molar-refractivity contribution >= 4 is 5.91 Å². The van der Waals surface area contributed by atoms with Gasteiger partial charge in [-0.25, -0.2) is 0 Å². The zero-order valence-electron chi connectivity index (χ0n) is 13.5. The van der Waals surface area contributed by atoms with Gasteiger partial charge in [0.1, 0.15) is 0 Å². The molecule has 1 saturated heterocycles. The molecule has 1 aliphatic heterocycles. The molecule has 0 aromatic carbocycles. The molecule has 2 fully saturated rings. The summed E-state index contributed by atoms with van der Waals surface area (Å²) >= 11 is 0. The van der Waals surface area contributed by atoms with E-state index in [1.54, 1.807) is 0 Å². The summed E-state index contributed by atoms with van der Waals surface area (Å²) in [5.41, 5.74) is -0.140. The number of hydrogen-bond acceptors (Lipinski definition) is 2. The number of hydrogen-bond donors (Lipinski definition) is 2. The fraction of sp³-hybridized carbons (Fsp3) is 0.941. The second kappa shape index (κ2) is 6.93. The lowest BCUT2D eigenvalue weighted by Crippen LogP contribution is -2.53. The summed E-state index contributed by atoms with van der Waals surface area (Å²) in [5.74, 6) is 1.86. The van der Waals surface area contributed by atoms with E-state index >= 15 is 0 Å². The fourth-order valence-corrected chi connectivity index (χ4v) is 3.98. The van der Waals surface area contributed by atoms with E-state index in [4.69, 9.17) is 0 Å². The van der Waals surface area contributed by atoms with Gasteiger partial charge in [-0.2, -0.15) is 0 Å². The molecule has 3 nitrogen and oxygen atoms in total. The van der Waals surface area contributed by atoms with Crippen LogP contribution in [0.2, 0.25) is 0 Å². The molecule has 2 rings (SSSR count). The Morgan fingerprint density at radius 1 is 1.30 bits per heavy atom. The molecular weight excluding hydrogens is 248 g/mol. The van der Waals surface area contributed by atoms with Crippen molar-refractivity contribution in [1.82, 2.24) is 10.6 Å². The van der Waals surface area contributed by atoms with Gasteiger partial charge in [-0.1, -0.05) is 27.2 Å². The Balaban J connectivity index is 1.94. The van der Waals surface area contributed by atoms with Crippen molar-refractivity contribution in [3.63, 3.8) is 0 Å². The first-order valence-corrected chi connectivity index (χ1v) is 8.59. The first kappa shape index (κ1) is 15.8. The predicted molar refractivity (Wildman–Crippen MR) is 83.6 cm³/mol. The molecule has 1 amide bonds. The maximum atomic E-state index is 12.8. The van der Waals surface area contributed by atoms with Crippen LogP contribution in [0.4, 0.5) is 0 Å². The van der Waals surface area contributed by atoms with Crippen LogP contribution in [0.25, 0.3) is 0 Å². The highest BCUT2D eigenvalue weighted by Crippen LogP contribution is 2.34. The normalized spacial score (nSPS) is 38.5. The minimum absolute atomic E-state index is 0.140. The second-order valence-corrected chi connectivity index (χ2v) is 7.25. The lowest BCUT2D eigenvalue weighted by Gasteiger charge is -2.39. The van der Waals surface area contributed by atoms with E-state index in [-0.39, 0.29) is 5.41 Å². The number of nitrogens with one attached hydrogen (secondary N) is 2. The molecule has 0 aromatic rings. The van der Waals surface area contributed by atoms with E-state index in [0.29, 0.717) is 11.9 Å². The highest BCUT2D eigenvalue weighted by molar-refractivity contribution is 5.83. The lowest BCUT2D eigenvalue weighted by molar-refractivity contribution is -0.133. The Morgan fingerprint density at radius 2 is 2.10 bits per heavy atom. The molecule has 1 saturated carbocycles. The van der Waals surface area contributed by atoms with Gasteiger partial charge >= 0.3 is 0 Å². The van der Waals surface area contributed by atoms with Gasteiger partial charge in [-0.3, -0.25) is 4.79 Å². The summed E-state index contributed by atoms with van der Waals surface area (Å²) in [6.07, 6.45) is 7.86. The van der Waals surface area contributed by atoms with Gasteiger partial charge in [0.25, 0.3) is 0 Å². The van der Waals surface area contributed by atoms with E-state index in [2.05, 4.69) is 31.4 Å². The molecule has 0 spiro atoms. The van der Waals surface area contributed by atoms with Crippen LogP contribution in [0.1, 0.15) is 65.7 Å². The summed E-state index contributed by atoms with van der Waals surface area (Å²) in [4.78, 5) is 12.8. The third-order valence-corrected chi connectivity index (χ3v) is 5.62. The highest BCUT2D eigenvalue weighted by Gasteiger charge is 2.40. The van der Waals surface area contributed by atoms with E-state index in [0.717, 1.165) is 63.5 Å². The van der Waals surface area contributed by atoms with Crippen molar-refractivity contribution < 1.29 is 4.79 Å². The zero-order valence-corrected chi connectivity index (χ0v) is 13.5. The predicted octanol–water partition coefficient (Wildman–Crippen LogP) is 3.10. The Kier molecular flexibility index (Phi) is 5.48. The van der Waals surface area contributed by atoms with Crippen LogP contribution in [0, 0.1) is 17.3 Å². The minimum atomic E-state index is -0.140. The molecule has 0 radical (unpaired) electrons. The summed E-state index contributed by atoms with van der Waals surface area (Å²) < 4.78 is 0. The van der Waals surface area contributed by atoms with Crippen LogP contribution < -0.4 is 10.6 Å². The second-order valence-electron chi connectivity index (χ2n) is 7.25. The molecule has 4 atom stereocenters. The summed E-state index contributed by atoms with van der Waals surface area (Å²) in [6, 6.07) is 0.407. The molecule has 0 bridgehead atoms. The van der Waals surface area contributed by atoms with Crippen molar-refractivity contribution in [1.29, 1.82) is 0 Å². The van der Waals surface area contributed by atoms with Crippen molar-refractivity contribution in [3.8, 4) is 0 Å². The van der Waals surface area contributed by atoms with E-state index < -0.39 is 0 Å². The van der Waals surface area contributed by atoms with Gasteiger partial charge in [0.15, 0.2) is 0 Å². The Labute approximate surface area is 124 Å². The topological polar surface area (TPSA) is 41.1 Å². The number of carbonyl (C=O) groups is 1. The molecule has 4 unspecified atom stereocenters. The average molecular weight is 280 g/mol. The maximum absolute atomic E-state index is 12.8. The number of amides is 1. The van der Waals surface area contributed by atoms with Crippen LogP contribution >= 0.6 is 0 Å². The first-order valence-electron chi connectivity index (χ1n) is 8.59. The van der Waals surface area contributed by atoms with Crippen molar-refractivity contribution in [2.24, 2.45) is 17.3 Å². The van der Waals surface area contributed by atoms with Gasteiger partial charge < -0.3 is 10.6 Å². The molecule has 2 aliphatic rings. The van der Waals surface area contributed by atoms with Gasteiger partial charge in [-0.15, -0.1) is 0 Å². The molecule has 1 aliphatic carbocycles. The van der Waals surface area contributed by atoms with Crippen LogP contribution in [-0.4, -0.2) is 25.0 Å². The van der Waals surface area contributed by atoms with Crippen molar-refractivity contribution in [3.05, 3.63) is 0 Å². The molecular formula is C17H32N2O. The summed E-state index contributed by atoms with van der Waals surface area (Å²) in [5, 5.41) is 6.82. The monoisotopic (exact) mass is 280 g/mol. The average Bonchev–Trinajstić information content (AvgIpc) is 2.44. The summed E-state index contributed by atoms with van der Waals surface area (Å²) in [7, 11) is 0. The van der Waals surface area contributed by atoms with Crippen LogP contribution in [0.3, 0.4) is 0 Å². The first-order chi connectivity index (χ1) is 9.57. The zero-order chi connectivity index (χ0) is 14.6. The maximum Gasteiger partial charge on any atom is 0.227 e. The van der Waals surface area contributed by atoms with E-state index in [1.807, 2.05) is 0 Å². The number of rotatable bonds is 4. The SMILES string of the molecule is CCCC1(C(=O)NC2CCC(C)C(C)C2)CCCNC1. The Bertz CT molecular complexity index is 317. The fourth-order valence-electron chi connectivity index (χ4n) is 3.98. The van der Waals surface area contributed by atoms with Gasteiger partial charge in [0.05, 0.1) is 5.41 Å². The standard InChI is InChI=1S/C17H32N2O/c1-4-8-17(9-5-10-18-12-17)16(20)19-15-7-6-13(2)14(3)11-15/h13-15,18H,4-12H2,1-3H3,(H,19,20). The van der Waals surface area contributed by atoms with Crippen molar-refractivity contribution in [2.75, 3.05) is 13.1 Å². The third kappa shape index (κ3) is 3.55. The third-order valence-electron chi connectivity index (χ3n) is 5.62. The van der Waals surface area contributed by atoms with E-state index in [1.165, 1.54) is 6.42 Å². The molecule has 1 heterocycles. The minimum Gasteiger partial charge on any atom is -0.353 e. The van der Waals surface area contributed by atoms with Crippen LogP contribution in [0.5, 0.6) is 0 Å². The lowest BCUT2D eigenvalue weighted by atomic mass is 9.75. The van der Waals surface area contributed by atoms with E-state index in [9.17, 15) is 4.79 Å². The molecule has 20 heavy (non-hydrogen) atoms. The number of carbonyl (C=O) groups excluding carboxylic acids is 1. The Hall–Kier alpha value is -0.570. The summed E-state index contributed by atoms with van der Waals surface area (Å²) in [6.45, 7) is 8.79. The van der Waals surface area contributed by atoms with Gasteiger partial charge in [-0.05, 0) is 56.9 Å². The van der Waals surface area contributed by atoms with Gasteiger partial charge in [0.2, 0.25) is 5.91 Å². The molecule has 2 N–H and O–H groups in total. The van der Waals surface area contributed by atoms with Gasteiger partial charge in [0, 0.05) is 12.6 Å². The van der Waals surface area contributed by atoms with Crippen LogP contribution in [-0.2, 0) is 4.79 Å². The van der Waals surface area contributed by atoms with Crippen LogP contribution in [0.15, 0.2) is 0 Å². The Morgan fingerprint density at radius 3 is 2.70 bits per heavy atom. The largest absolute Gasteiger partial charge is 0.353 e. The number of piperidine rings is 1. The molecule has 116 valence electrons. The van der Waals surface area contributed by atoms with Crippen molar-refractivity contribution in [2.45, 2.75) is 71.8 Å². The molecule has 3 heteroatoms. The molecule has 0 aromatic heterocycles. The quantitative estimate of drug-likeness (QED) is 0.831. The highest BCUT2D eigenvalue weighted by atomic mass is 16.2. The smallest absolute Gasteiger partial charge is 0.227 e.